The van der Waals surface area contributed by atoms with Crippen LogP contribution < -0.4 is 9.47 Å². The molecule has 0 saturated heterocycles. The van der Waals surface area contributed by atoms with E-state index in [2.05, 4.69) is 30.9 Å². The van der Waals surface area contributed by atoms with Crippen LogP contribution in [0.15, 0.2) is 29.3 Å². The molecule has 5 nitrogen and oxygen atoms in total. The summed E-state index contributed by atoms with van der Waals surface area (Å²) in [7, 11) is 1.47. The maximum Gasteiger partial charge on any atom is 0.267 e. The lowest BCUT2D eigenvalue weighted by Crippen LogP contribution is -1.95. The van der Waals surface area contributed by atoms with Crippen molar-refractivity contribution in [2.24, 2.45) is 0 Å². The average molecular weight is 317 g/mol. The normalized spacial score (nSPS) is 10.1. The topological polar surface area (TPSA) is 57.1 Å². The number of aromatic nitrogens is 3. The Morgan fingerprint density at radius 3 is 2.82 bits per heavy atom. The highest BCUT2D eigenvalue weighted by atomic mass is 79.9. The SMILES string of the molecule is COc1c(Cl)ncnc1Oc1cncc(Br)c1. The zero-order valence-corrected chi connectivity index (χ0v) is 11.1. The van der Waals surface area contributed by atoms with Crippen molar-refractivity contribution in [2.75, 3.05) is 7.11 Å². The molecular weight excluding hydrogens is 309 g/mol. The van der Waals surface area contributed by atoms with Crippen LogP contribution >= 0.6 is 27.5 Å². The number of rotatable bonds is 3. The van der Waals surface area contributed by atoms with E-state index in [9.17, 15) is 0 Å². The Labute approximate surface area is 111 Å². The Morgan fingerprint density at radius 2 is 2.12 bits per heavy atom. The summed E-state index contributed by atoms with van der Waals surface area (Å²) in [6.45, 7) is 0. The molecule has 0 atom stereocenters. The lowest BCUT2D eigenvalue weighted by Gasteiger charge is -2.09. The fraction of sp³-hybridized carbons (Fsp3) is 0.100. The Morgan fingerprint density at radius 1 is 1.29 bits per heavy atom. The molecule has 0 aliphatic carbocycles. The highest BCUT2D eigenvalue weighted by Gasteiger charge is 2.12. The van der Waals surface area contributed by atoms with Gasteiger partial charge in [-0.1, -0.05) is 11.6 Å². The number of halogens is 2. The van der Waals surface area contributed by atoms with Crippen LogP contribution in [0.25, 0.3) is 0 Å². The number of methoxy groups -OCH3 is 1. The van der Waals surface area contributed by atoms with Crippen molar-refractivity contribution in [1.82, 2.24) is 15.0 Å². The van der Waals surface area contributed by atoms with E-state index in [1.165, 1.54) is 13.4 Å². The molecule has 17 heavy (non-hydrogen) atoms. The van der Waals surface area contributed by atoms with Crippen molar-refractivity contribution in [1.29, 1.82) is 0 Å². The van der Waals surface area contributed by atoms with Crippen molar-refractivity contribution < 1.29 is 9.47 Å². The molecule has 2 aromatic rings. The van der Waals surface area contributed by atoms with Gasteiger partial charge in [0, 0.05) is 10.7 Å². The van der Waals surface area contributed by atoms with Crippen molar-refractivity contribution in [3.8, 4) is 17.4 Å². The van der Waals surface area contributed by atoms with Gasteiger partial charge in [0.05, 0.1) is 13.3 Å². The second kappa shape index (κ2) is 5.29. The van der Waals surface area contributed by atoms with Crippen LogP contribution in [0.4, 0.5) is 0 Å². The average Bonchev–Trinajstić information content (AvgIpc) is 2.29. The van der Waals surface area contributed by atoms with E-state index in [1.54, 1.807) is 18.5 Å². The summed E-state index contributed by atoms with van der Waals surface area (Å²) in [6, 6.07) is 1.75. The summed E-state index contributed by atoms with van der Waals surface area (Å²) in [5, 5.41) is 0.195. The maximum atomic E-state index is 5.85. The second-order valence-corrected chi connectivity index (χ2v) is 4.22. The minimum absolute atomic E-state index is 0.195. The van der Waals surface area contributed by atoms with E-state index in [0.29, 0.717) is 5.75 Å². The van der Waals surface area contributed by atoms with Gasteiger partial charge in [0.15, 0.2) is 5.15 Å². The summed E-state index contributed by atoms with van der Waals surface area (Å²) < 4.78 is 11.4. The van der Waals surface area contributed by atoms with E-state index in [-0.39, 0.29) is 16.8 Å². The summed E-state index contributed by atoms with van der Waals surface area (Å²) in [6.07, 6.45) is 4.50. The lowest BCUT2D eigenvalue weighted by atomic mass is 10.4. The third kappa shape index (κ3) is 2.83. The molecule has 0 fully saturated rings. The minimum Gasteiger partial charge on any atom is -0.489 e. The molecule has 7 heteroatoms. The van der Waals surface area contributed by atoms with Gasteiger partial charge in [-0.25, -0.2) is 4.98 Å². The fourth-order valence-corrected chi connectivity index (χ4v) is 1.69. The molecule has 0 radical (unpaired) electrons. The van der Waals surface area contributed by atoms with Crippen LogP contribution in [0.1, 0.15) is 0 Å². The first-order chi connectivity index (χ1) is 8.20. The summed E-state index contributed by atoms with van der Waals surface area (Å²) in [4.78, 5) is 11.7. The van der Waals surface area contributed by atoms with E-state index in [4.69, 9.17) is 21.1 Å². The Balaban J connectivity index is 2.33. The Kier molecular flexibility index (Phi) is 3.75. The predicted octanol–water partition coefficient (Wildman–Crippen LogP) is 3.09. The van der Waals surface area contributed by atoms with Crippen LogP contribution in [-0.2, 0) is 0 Å². The van der Waals surface area contributed by atoms with Gasteiger partial charge in [-0.3, -0.25) is 4.98 Å². The molecule has 0 aliphatic heterocycles. The highest BCUT2D eigenvalue weighted by molar-refractivity contribution is 9.10. The molecule has 0 aliphatic rings. The third-order valence-electron chi connectivity index (χ3n) is 1.83. The van der Waals surface area contributed by atoms with Crippen LogP contribution in [-0.4, -0.2) is 22.1 Å². The van der Waals surface area contributed by atoms with E-state index in [0.717, 1.165) is 4.47 Å². The molecule has 0 amide bonds. The van der Waals surface area contributed by atoms with Crippen LogP contribution in [0.5, 0.6) is 17.4 Å². The van der Waals surface area contributed by atoms with Crippen LogP contribution in [0, 0.1) is 0 Å². The molecule has 0 spiro atoms. The zero-order valence-electron chi connectivity index (χ0n) is 8.72. The number of pyridine rings is 1. The summed E-state index contributed by atoms with van der Waals surface area (Å²) >= 11 is 9.14. The molecule has 0 N–H and O–H groups in total. The van der Waals surface area contributed by atoms with Gasteiger partial charge in [0.2, 0.25) is 5.75 Å². The third-order valence-corrected chi connectivity index (χ3v) is 2.53. The Hall–Kier alpha value is -1.40. The molecule has 0 unspecified atom stereocenters. The summed E-state index contributed by atoms with van der Waals surface area (Å²) in [5.74, 6) is 1.05. The van der Waals surface area contributed by atoms with E-state index in [1.807, 2.05) is 0 Å². The molecule has 0 aromatic carbocycles. The second-order valence-electron chi connectivity index (χ2n) is 2.94. The maximum absolute atomic E-state index is 5.85. The molecule has 0 bridgehead atoms. The highest BCUT2D eigenvalue weighted by Crippen LogP contribution is 2.33. The number of hydrogen-bond acceptors (Lipinski definition) is 5. The molecule has 2 heterocycles. The van der Waals surface area contributed by atoms with Gasteiger partial charge in [0.25, 0.3) is 5.88 Å². The first kappa shape index (κ1) is 12.1. The van der Waals surface area contributed by atoms with Gasteiger partial charge in [-0.2, -0.15) is 4.98 Å². The lowest BCUT2D eigenvalue weighted by molar-refractivity contribution is 0.367. The molecular formula is C10H7BrClN3O2. The predicted molar refractivity (Wildman–Crippen MR) is 65.6 cm³/mol. The Bertz CT molecular complexity index is 539. The van der Waals surface area contributed by atoms with Gasteiger partial charge in [-0.05, 0) is 22.0 Å². The zero-order chi connectivity index (χ0) is 12.3. The van der Waals surface area contributed by atoms with Crippen LogP contribution in [0.3, 0.4) is 0 Å². The van der Waals surface area contributed by atoms with Gasteiger partial charge in [-0.15, -0.1) is 0 Å². The smallest absolute Gasteiger partial charge is 0.267 e. The molecule has 88 valence electrons. The van der Waals surface area contributed by atoms with E-state index >= 15 is 0 Å². The first-order valence-corrected chi connectivity index (χ1v) is 5.70. The van der Waals surface area contributed by atoms with Crippen molar-refractivity contribution in [3.63, 3.8) is 0 Å². The first-order valence-electron chi connectivity index (χ1n) is 4.53. The largest absolute Gasteiger partial charge is 0.489 e. The standard InChI is InChI=1S/C10H7BrClN3O2/c1-16-8-9(12)14-5-15-10(8)17-7-2-6(11)3-13-4-7/h2-5H,1H3. The summed E-state index contributed by atoms with van der Waals surface area (Å²) in [5.41, 5.74) is 0. The van der Waals surface area contributed by atoms with Gasteiger partial charge >= 0.3 is 0 Å². The minimum atomic E-state index is 0.195. The number of hydrogen-bond donors (Lipinski definition) is 0. The van der Waals surface area contributed by atoms with Crippen molar-refractivity contribution in [2.45, 2.75) is 0 Å². The molecule has 2 rings (SSSR count). The fourth-order valence-electron chi connectivity index (χ4n) is 1.14. The molecule has 2 aromatic heterocycles. The van der Waals surface area contributed by atoms with Gasteiger partial charge in [0.1, 0.15) is 12.1 Å². The number of ether oxygens (including phenoxy) is 2. The number of nitrogens with zero attached hydrogens (tertiary/aromatic N) is 3. The molecule has 0 saturated carbocycles. The van der Waals surface area contributed by atoms with Crippen LogP contribution in [0.2, 0.25) is 5.15 Å². The quantitative estimate of drug-likeness (QED) is 0.814. The van der Waals surface area contributed by atoms with Gasteiger partial charge < -0.3 is 9.47 Å². The van der Waals surface area contributed by atoms with E-state index < -0.39 is 0 Å². The van der Waals surface area contributed by atoms with Crippen molar-refractivity contribution in [3.05, 3.63) is 34.4 Å². The monoisotopic (exact) mass is 315 g/mol. The van der Waals surface area contributed by atoms with Crippen molar-refractivity contribution >= 4 is 27.5 Å².